The number of aliphatic hydroxyl groups excluding tert-OH is 1. The molecule has 1 saturated carbocycles. The Hall–Kier alpha value is -1.10. The van der Waals surface area contributed by atoms with E-state index in [1.807, 2.05) is 0 Å². The summed E-state index contributed by atoms with van der Waals surface area (Å²) in [6, 6.07) is -0.188. The summed E-state index contributed by atoms with van der Waals surface area (Å²) in [5.41, 5.74) is 5.49. The van der Waals surface area contributed by atoms with E-state index in [0.717, 1.165) is 32.1 Å². The van der Waals surface area contributed by atoms with E-state index in [1.54, 1.807) is 4.90 Å². The molecular weight excluding hydrogens is 244 g/mol. The number of nitrogens with zero attached hydrogens (tertiary/aromatic N) is 1. The number of aliphatic hydroxyl groups is 1. The lowest BCUT2D eigenvalue weighted by molar-refractivity contribution is -0.141. The Bertz CT molecular complexity index is 359. The van der Waals surface area contributed by atoms with Gasteiger partial charge in [-0.1, -0.05) is 13.3 Å². The van der Waals surface area contributed by atoms with Crippen LogP contribution >= 0.6 is 0 Å². The quantitative estimate of drug-likeness (QED) is 0.694. The molecule has 2 rings (SSSR count). The number of unbranched alkanes of at least 4 members (excludes halogenated alkanes) is 2. The van der Waals surface area contributed by atoms with Gasteiger partial charge >= 0.3 is 0 Å². The molecule has 2 amide bonds. The number of amides is 2. The van der Waals surface area contributed by atoms with Crippen LogP contribution in [-0.4, -0.2) is 40.5 Å². The molecule has 0 spiro atoms. The van der Waals surface area contributed by atoms with Crippen molar-refractivity contribution < 1.29 is 14.7 Å². The minimum absolute atomic E-state index is 0.0563. The molecule has 1 aliphatic heterocycles. The fraction of sp³-hybridized carbons (Fsp3) is 0.857. The van der Waals surface area contributed by atoms with Crippen LogP contribution in [0.2, 0.25) is 0 Å². The van der Waals surface area contributed by atoms with Gasteiger partial charge in [0.1, 0.15) is 6.04 Å². The number of carbonyl (C=O) groups is 2. The molecule has 0 aromatic heterocycles. The molecule has 1 heterocycles. The van der Waals surface area contributed by atoms with Crippen LogP contribution in [0.5, 0.6) is 0 Å². The van der Waals surface area contributed by atoms with Crippen molar-refractivity contribution in [3.05, 3.63) is 0 Å². The van der Waals surface area contributed by atoms with Gasteiger partial charge in [-0.15, -0.1) is 0 Å². The normalized spacial score (nSPS) is 32.8. The molecule has 4 atom stereocenters. The maximum absolute atomic E-state index is 12.3. The average molecular weight is 268 g/mol. The van der Waals surface area contributed by atoms with Gasteiger partial charge in [0.25, 0.3) is 0 Å². The van der Waals surface area contributed by atoms with Gasteiger partial charge < -0.3 is 15.7 Å². The van der Waals surface area contributed by atoms with Gasteiger partial charge in [-0.05, 0) is 37.5 Å². The van der Waals surface area contributed by atoms with Gasteiger partial charge in [0.2, 0.25) is 11.8 Å². The fourth-order valence-electron chi connectivity index (χ4n) is 3.81. The zero-order chi connectivity index (χ0) is 14.0. The van der Waals surface area contributed by atoms with Crippen molar-refractivity contribution in [1.82, 2.24) is 4.90 Å². The van der Waals surface area contributed by atoms with Crippen molar-refractivity contribution >= 4 is 11.8 Å². The largest absolute Gasteiger partial charge is 0.396 e. The summed E-state index contributed by atoms with van der Waals surface area (Å²) in [7, 11) is 0. The van der Waals surface area contributed by atoms with Crippen LogP contribution in [-0.2, 0) is 9.59 Å². The Morgan fingerprint density at radius 2 is 2.00 bits per heavy atom. The zero-order valence-electron chi connectivity index (χ0n) is 11.5. The molecular formula is C14H24N2O3. The Labute approximate surface area is 114 Å². The maximum atomic E-state index is 12.3. The van der Waals surface area contributed by atoms with Gasteiger partial charge in [-0.2, -0.15) is 0 Å². The maximum Gasteiger partial charge on any atom is 0.240 e. The van der Waals surface area contributed by atoms with E-state index < -0.39 is 0 Å². The molecule has 1 aliphatic carbocycles. The molecule has 19 heavy (non-hydrogen) atoms. The lowest BCUT2D eigenvalue weighted by Crippen LogP contribution is -2.51. The lowest BCUT2D eigenvalue weighted by Gasteiger charge is -2.33. The third kappa shape index (κ3) is 2.61. The summed E-state index contributed by atoms with van der Waals surface area (Å²) in [5.74, 6) is 0.339. The van der Waals surface area contributed by atoms with Crippen molar-refractivity contribution in [2.24, 2.45) is 17.6 Å². The van der Waals surface area contributed by atoms with Gasteiger partial charge in [0.15, 0.2) is 0 Å². The van der Waals surface area contributed by atoms with E-state index in [2.05, 4.69) is 6.92 Å². The van der Waals surface area contributed by atoms with Crippen molar-refractivity contribution in [3.63, 3.8) is 0 Å². The molecule has 2 bridgehead atoms. The summed E-state index contributed by atoms with van der Waals surface area (Å²) in [6.07, 6.45) is 4.81. The van der Waals surface area contributed by atoms with Crippen molar-refractivity contribution in [1.29, 1.82) is 0 Å². The van der Waals surface area contributed by atoms with Gasteiger partial charge in [0, 0.05) is 19.1 Å². The van der Waals surface area contributed by atoms with Crippen LogP contribution < -0.4 is 5.73 Å². The van der Waals surface area contributed by atoms with Crippen LogP contribution in [0, 0.1) is 11.8 Å². The van der Waals surface area contributed by atoms with Gasteiger partial charge in [-0.3, -0.25) is 9.59 Å². The molecule has 3 N–H and O–H groups in total. The smallest absolute Gasteiger partial charge is 0.240 e. The zero-order valence-corrected chi connectivity index (χ0v) is 11.5. The molecule has 1 saturated heterocycles. The minimum atomic E-state index is -0.390. The first-order valence-electron chi connectivity index (χ1n) is 7.29. The molecule has 2 aliphatic rings. The third-order valence-corrected chi connectivity index (χ3v) is 4.77. The number of carbonyl (C=O) groups excluding carboxylic acids is 2. The second kappa shape index (κ2) is 5.90. The number of hydrogen-bond donors (Lipinski definition) is 2. The number of likely N-dealkylation sites (tertiary alicyclic amines) is 1. The van der Waals surface area contributed by atoms with Crippen molar-refractivity contribution in [3.8, 4) is 0 Å². The topological polar surface area (TPSA) is 83.6 Å². The predicted octanol–water partition coefficient (Wildman–Crippen LogP) is 0.650. The van der Waals surface area contributed by atoms with Crippen LogP contribution in [0.25, 0.3) is 0 Å². The van der Waals surface area contributed by atoms with Crippen LogP contribution in [0.1, 0.15) is 45.4 Å². The Kier molecular flexibility index (Phi) is 4.45. The first kappa shape index (κ1) is 14.3. The highest BCUT2D eigenvalue weighted by Crippen LogP contribution is 2.46. The molecule has 0 aromatic carbocycles. The molecule has 0 radical (unpaired) electrons. The standard InChI is InChI=1S/C14H24N2O3/c1-9-10-6-7-11(9)16(13(10)14(15)19)12(18)5-3-2-4-8-17/h9-11,13,17H,2-8H2,1H3,(H2,15,19)/t9-,10-,11-,13-/m0/s1. The van der Waals surface area contributed by atoms with Gasteiger partial charge in [0.05, 0.1) is 0 Å². The molecule has 108 valence electrons. The molecule has 2 fully saturated rings. The first-order chi connectivity index (χ1) is 9.07. The van der Waals surface area contributed by atoms with E-state index in [9.17, 15) is 9.59 Å². The SMILES string of the molecule is C[C@H]1[C@@H]2CC[C@@H]1N(C(=O)CCCCCO)[C@@H]2C(N)=O. The second-order valence-corrected chi connectivity index (χ2v) is 5.85. The molecule has 0 aromatic rings. The fourth-order valence-corrected chi connectivity index (χ4v) is 3.81. The highest BCUT2D eigenvalue weighted by Gasteiger charge is 2.54. The summed E-state index contributed by atoms with van der Waals surface area (Å²) >= 11 is 0. The molecule has 0 unspecified atom stereocenters. The van der Waals surface area contributed by atoms with Crippen molar-refractivity contribution in [2.75, 3.05) is 6.61 Å². The number of piperidine rings is 1. The highest BCUT2D eigenvalue weighted by molar-refractivity contribution is 5.88. The predicted molar refractivity (Wildman–Crippen MR) is 71.1 cm³/mol. The summed E-state index contributed by atoms with van der Waals surface area (Å²) in [6.45, 7) is 2.29. The van der Waals surface area contributed by atoms with E-state index in [-0.39, 0.29) is 36.4 Å². The van der Waals surface area contributed by atoms with Crippen molar-refractivity contribution in [2.45, 2.75) is 57.5 Å². The molecule has 5 heteroatoms. The molecule has 5 nitrogen and oxygen atoms in total. The minimum Gasteiger partial charge on any atom is -0.396 e. The summed E-state index contributed by atoms with van der Waals surface area (Å²) in [4.78, 5) is 25.7. The monoisotopic (exact) mass is 268 g/mol. The first-order valence-corrected chi connectivity index (χ1v) is 7.29. The van der Waals surface area contributed by atoms with Crippen LogP contribution in [0.3, 0.4) is 0 Å². The van der Waals surface area contributed by atoms with E-state index in [4.69, 9.17) is 10.8 Å². The second-order valence-electron chi connectivity index (χ2n) is 5.85. The van der Waals surface area contributed by atoms with E-state index in [1.165, 1.54) is 0 Å². The number of nitrogens with two attached hydrogens (primary N) is 1. The Morgan fingerprint density at radius 1 is 1.26 bits per heavy atom. The Morgan fingerprint density at radius 3 is 2.63 bits per heavy atom. The number of fused-ring (bicyclic) bond motifs is 2. The number of rotatable bonds is 6. The summed E-state index contributed by atoms with van der Waals surface area (Å²) in [5, 5.41) is 8.72. The average Bonchev–Trinajstić information content (AvgIpc) is 2.87. The lowest BCUT2D eigenvalue weighted by atomic mass is 9.93. The number of hydrogen-bond acceptors (Lipinski definition) is 3. The number of primary amides is 1. The van der Waals surface area contributed by atoms with Crippen LogP contribution in [0.4, 0.5) is 0 Å². The van der Waals surface area contributed by atoms with Crippen LogP contribution in [0.15, 0.2) is 0 Å². The highest BCUT2D eigenvalue weighted by atomic mass is 16.3. The summed E-state index contributed by atoms with van der Waals surface area (Å²) < 4.78 is 0. The third-order valence-electron chi connectivity index (χ3n) is 4.77. The van der Waals surface area contributed by atoms with E-state index in [0.29, 0.717) is 12.3 Å². The van der Waals surface area contributed by atoms with E-state index >= 15 is 0 Å². The van der Waals surface area contributed by atoms with Gasteiger partial charge in [-0.25, -0.2) is 0 Å². The Balaban J connectivity index is 1.97.